The molecule has 1 aliphatic carbocycles. The zero-order valence-corrected chi connectivity index (χ0v) is 38.0. The Kier molecular flexibility index (Phi) is 12.7. The zero-order chi connectivity index (χ0) is 47.6. The molecule has 0 radical (unpaired) electrons. The Labute approximate surface area is 399 Å². The number of imide groups is 1. The van der Waals surface area contributed by atoms with Crippen molar-refractivity contribution in [2.75, 3.05) is 49.5 Å². The van der Waals surface area contributed by atoms with Gasteiger partial charge in [-0.05, 0) is 84.8 Å². The lowest BCUT2D eigenvalue weighted by Gasteiger charge is -2.37. The molecular formula is C54H50N8O7. The standard InChI is InChI=1S/C54H50N8O7/c63-41-18-19-44(46(64)31-41)62-53(68)42-9-6-10-45(49(42)54(62)69)59-23-20-36(21-24-59)30-48(65)60-27-25-58(26-28-60)34-40-17-15-37(32-56-40)13-12-35-14-16-39-33-61(52(67)43(39)29-35)50(38-7-2-1-3-8-38)51(66)57-47-11-4-5-22-55-47/h1-11,14-17,22,29,32,36,44,50H,18-21,23-28,30-31,33-34H2,(H,55,57,66). The van der Waals surface area contributed by atoms with Crippen LogP contribution in [-0.4, -0.2) is 116 Å². The predicted molar refractivity (Wildman–Crippen MR) is 255 cm³/mol. The monoisotopic (exact) mass is 922 g/mol. The quantitative estimate of drug-likeness (QED) is 0.107. The summed E-state index contributed by atoms with van der Waals surface area (Å²) in [4.78, 5) is 111. The lowest BCUT2D eigenvalue weighted by atomic mass is 9.91. The van der Waals surface area contributed by atoms with Gasteiger partial charge in [0.25, 0.3) is 23.6 Å². The van der Waals surface area contributed by atoms with Crippen LogP contribution in [0.5, 0.6) is 0 Å². The Morgan fingerprint density at radius 1 is 0.725 bits per heavy atom. The molecule has 15 heteroatoms. The Morgan fingerprint density at radius 3 is 2.23 bits per heavy atom. The van der Waals surface area contributed by atoms with E-state index in [-0.39, 0.29) is 66.6 Å². The van der Waals surface area contributed by atoms with Crippen molar-refractivity contribution < 1.29 is 33.6 Å². The van der Waals surface area contributed by atoms with E-state index in [9.17, 15) is 33.6 Å². The second kappa shape index (κ2) is 19.4. The fourth-order valence-electron chi connectivity index (χ4n) is 10.2. The Morgan fingerprint density at radius 2 is 1.49 bits per heavy atom. The van der Waals surface area contributed by atoms with Gasteiger partial charge in [0.1, 0.15) is 17.6 Å². The fourth-order valence-corrected chi connectivity index (χ4v) is 10.2. The van der Waals surface area contributed by atoms with E-state index in [4.69, 9.17) is 0 Å². The zero-order valence-electron chi connectivity index (χ0n) is 38.0. The normalized spacial score (nSPS) is 19.0. The lowest BCUT2D eigenvalue weighted by molar-refractivity contribution is -0.134. The summed E-state index contributed by atoms with van der Waals surface area (Å²) in [6, 6.07) is 27.4. The summed E-state index contributed by atoms with van der Waals surface area (Å²) in [6.07, 6.45) is 5.44. The van der Waals surface area contributed by atoms with Crippen LogP contribution in [0.25, 0.3) is 0 Å². The van der Waals surface area contributed by atoms with Crippen LogP contribution in [-0.2, 0) is 32.3 Å². The molecule has 0 spiro atoms. The number of fused-ring (bicyclic) bond motifs is 2. The van der Waals surface area contributed by atoms with E-state index in [0.29, 0.717) is 72.9 Å². The summed E-state index contributed by atoms with van der Waals surface area (Å²) < 4.78 is 0. The Hall–Kier alpha value is -7.83. The van der Waals surface area contributed by atoms with E-state index in [1.54, 1.807) is 53.7 Å². The minimum atomic E-state index is -0.909. The lowest BCUT2D eigenvalue weighted by Crippen LogP contribution is -2.49. The minimum Gasteiger partial charge on any atom is -0.371 e. The van der Waals surface area contributed by atoms with E-state index >= 15 is 0 Å². The fraction of sp³-hybridized carbons (Fsp3) is 0.315. The van der Waals surface area contributed by atoms with E-state index in [1.165, 1.54) is 0 Å². The summed E-state index contributed by atoms with van der Waals surface area (Å²) in [5.41, 5.74) is 5.63. The Balaban J connectivity index is 0.689. The number of Topliss-reactive ketones (excluding diaryl/α,β-unsaturated/α-hetero) is 2. The van der Waals surface area contributed by atoms with Gasteiger partial charge in [-0.2, -0.15) is 0 Å². The molecule has 3 fully saturated rings. The molecule has 348 valence electrons. The third kappa shape index (κ3) is 9.40. The maximum absolute atomic E-state index is 13.9. The minimum absolute atomic E-state index is 0.146. The molecule has 5 amide bonds. The van der Waals surface area contributed by atoms with E-state index in [2.05, 4.69) is 36.9 Å². The average Bonchev–Trinajstić information content (AvgIpc) is 3.82. The van der Waals surface area contributed by atoms with Crippen LogP contribution in [0.3, 0.4) is 0 Å². The molecule has 2 atom stereocenters. The summed E-state index contributed by atoms with van der Waals surface area (Å²) in [7, 11) is 0. The molecule has 1 N–H and O–H groups in total. The first-order valence-electron chi connectivity index (χ1n) is 23.6. The number of rotatable bonds is 10. The largest absolute Gasteiger partial charge is 0.371 e. The molecule has 10 rings (SSSR count). The highest BCUT2D eigenvalue weighted by Gasteiger charge is 2.46. The van der Waals surface area contributed by atoms with Crippen molar-refractivity contribution in [3.8, 4) is 11.8 Å². The van der Waals surface area contributed by atoms with Crippen LogP contribution in [0.2, 0.25) is 0 Å². The molecule has 69 heavy (non-hydrogen) atoms. The number of amides is 5. The number of nitrogens with zero attached hydrogens (tertiary/aromatic N) is 7. The van der Waals surface area contributed by atoms with Crippen molar-refractivity contribution in [1.82, 2.24) is 29.6 Å². The van der Waals surface area contributed by atoms with Gasteiger partial charge in [-0.25, -0.2) is 4.98 Å². The summed E-state index contributed by atoms with van der Waals surface area (Å²) in [5.74, 6) is 5.01. The number of ketones is 2. The van der Waals surface area contributed by atoms with Crippen LogP contribution >= 0.6 is 0 Å². The van der Waals surface area contributed by atoms with Gasteiger partial charge in [0.15, 0.2) is 5.78 Å². The molecule has 6 heterocycles. The average molecular weight is 923 g/mol. The van der Waals surface area contributed by atoms with Gasteiger partial charge in [-0.3, -0.25) is 48.3 Å². The number of piperidine rings is 1. The SMILES string of the molecule is O=C1CCC(N2C(=O)c3cccc(N4CCC(CC(=O)N5CCN(Cc6ccc(C#Cc7ccc8c(c7)C(=O)N(C(C(=O)Nc7ccccn7)c7ccccc7)C8)cn6)CC5)CC4)c3C2=O)C(=O)C1. The molecule has 3 aromatic carbocycles. The number of nitrogens with one attached hydrogen (secondary N) is 1. The Bertz CT molecular complexity index is 2920. The van der Waals surface area contributed by atoms with Crippen LogP contribution < -0.4 is 10.2 Å². The van der Waals surface area contributed by atoms with Crippen LogP contribution in [0.4, 0.5) is 11.5 Å². The number of hydrogen-bond donors (Lipinski definition) is 1. The van der Waals surface area contributed by atoms with Gasteiger partial charge in [0, 0.05) is 94.3 Å². The van der Waals surface area contributed by atoms with Gasteiger partial charge in [0.05, 0.1) is 35.0 Å². The highest BCUT2D eigenvalue weighted by Crippen LogP contribution is 2.37. The highest BCUT2D eigenvalue weighted by atomic mass is 16.2. The van der Waals surface area contributed by atoms with E-state index in [1.807, 2.05) is 65.6 Å². The van der Waals surface area contributed by atoms with Crippen LogP contribution in [0, 0.1) is 17.8 Å². The molecule has 15 nitrogen and oxygen atoms in total. The van der Waals surface area contributed by atoms with Crippen molar-refractivity contribution in [3.05, 3.63) is 154 Å². The van der Waals surface area contributed by atoms with Crippen molar-refractivity contribution >= 4 is 52.6 Å². The first-order chi connectivity index (χ1) is 33.6. The number of carbonyl (C=O) groups is 7. The highest BCUT2D eigenvalue weighted by molar-refractivity contribution is 6.25. The first kappa shape index (κ1) is 45.0. The van der Waals surface area contributed by atoms with Crippen molar-refractivity contribution in [2.24, 2.45) is 5.92 Å². The van der Waals surface area contributed by atoms with E-state index in [0.717, 1.165) is 47.7 Å². The molecule has 2 saturated heterocycles. The molecular weight excluding hydrogens is 873 g/mol. The molecule has 2 aromatic heterocycles. The van der Waals surface area contributed by atoms with E-state index < -0.39 is 23.9 Å². The maximum atomic E-state index is 13.9. The van der Waals surface area contributed by atoms with Crippen molar-refractivity contribution in [1.29, 1.82) is 0 Å². The number of anilines is 2. The second-order valence-corrected chi connectivity index (χ2v) is 18.3. The van der Waals surface area contributed by atoms with Gasteiger partial charge < -0.3 is 20.0 Å². The van der Waals surface area contributed by atoms with Crippen molar-refractivity contribution in [2.45, 2.75) is 63.7 Å². The molecule has 2 unspecified atom stereocenters. The molecule has 5 aliphatic rings. The molecule has 5 aromatic rings. The first-order valence-corrected chi connectivity index (χ1v) is 23.6. The topological polar surface area (TPSA) is 174 Å². The third-order valence-electron chi connectivity index (χ3n) is 13.9. The summed E-state index contributed by atoms with van der Waals surface area (Å²) >= 11 is 0. The maximum Gasteiger partial charge on any atom is 0.264 e. The van der Waals surface area contributed by atoms with Gasteiger partial charge in [-0.1, -0.05) is 60.4 Å². The number of benzene rings is 3. The summed E-state index contributed by atoms with van der Waals surface area (Å²) in [5, 5.41) is 2.86. The van der Waals surface area contributed by atoms with Gasteiger partial charge in [0.2, 0.25) is 5.91 Å². The smallest absolute Gasteiger partial charge is 0.264 e. The number of pyridine rings is 2. The van der Waals surface area contributed by atoms with Crippen LogP contribution in [0.15, 0.2) is 109 Å². The van der Waals surface area contributed by atoms with Gasteiger partial charge in [-0.15, -0.1) is 0 Å². The van der Waals surface area contributed by atoms with Crippen molar-refractivity contribution in [3.63, 3.8) is 0 Å². The molecule has 0 bridgehead atoms. The number of aromatic nitrogens is 2. The molecule has 4 aliphatic heterocycles. The molecule has 1 saturated carbocycles. The third-order valence-corrected chi connectivity index (χ3v) is 13.9. The second-order valence-electron chi connectivity index (χ2n) is 18.3. The number of hydrogen-bond acceptors (Lipinski definition) is 11. The summed E-state index contributed by atoms with van der Waals surface area (Å²) in [6.45, 7) is 4.93. The number of piperazine rings is 1. The van der Waals surface area contributed by atoms with Gasteiger partial charge >= 0.3 is 0 Å². The van der Waals surface area contributed by atoms with Crippen LogP contribution in [0.1, 0.15) is 104 Å². The number of carbonyl (C=O) groups excluding carboxylic acids is 7. The predicted octanol–water partition coefficient (Wildman–Crippen LogP) is 5.45.